The summed E-state index contributed by atoms with van der Waals surface area (Å²) in [6.45, 7) is 4.00. The molecule has 0 saturated heterocycles. The molecule has 0 spiro atoms. The van der Waals surface area contributed by atoms with Crippen molar-refractivity contribution >= 4 is 29.1 Å². The Morgan fingerprint density at radius 3 is 2.87 bits per heavy atom. The second kappa shape index (κ2) is 4.99. The Bertz CT molecular complexity index is 450. The highest BCUT2D eigenvalue weighted by atomic mass is 16.1. The number of nitrogens with one attached hydrogen (secondary N) is 2. The zero-order valence-electron chi connectivity index (χ0n) is 8.74. The number of imidazole rings is 1. The van der Waals surface area contributed by atoms with Crippen LogP contribution < -0.4 is 11.1 Å². The molecule has 2 rings (SSSR count). The number of fused-ring (bicyclic) bond motifs is 1. The number of amides is 1. The maximum absolute atomic E-state index is 10.1. The molecule has 0 unspecified atom stereocenters. The lowest BCUT2D eigenvalue weighted by atomic mass is 10.3. The van der Waals surface area contributed by atoms with E-state index in [0.717, 1.165) is 11.0 Å². The molecule has 5 heteroatoms. The molecular formula is C10H14N4O. The third-order valence-electron chi connectivity index (χ3n) is 1.70. The Kier molecular flexibility index (Phi) is 3.68. The van der Waals surface area contributed by atoms with Gasteiger partial charge in [-0.2, -0.15) is 0 Å². The van der Waals surface area contributed by atoms with Crippen molar-refractivity contribution in [3.05, 3.63) is 18.2 Å². The number of nitrogens with two attached hydrogens (primary N) is 1. The minimum absolute atomic E-state index is 0.426. The molecule has 0 fully saturated rings. The minimum atomic E-state index is 0.426. The summed E-state index contributed by atoms with van der Waals surface area (Å²) in [5, 5.41) is 2.43. The van der Waals surface area contributed by atoms with Gasteiger partial charge in [0.05, 0.1) is 11.0 Å². The highest BCUT2D eigenvalue weighted by molar-refractivity contribution is 5.82. The molecule has 1 heterocycles. The van der Waals surface area contributed by atoms with Gasteiger partial charge in [-0.15, -0.1) is 0 Å². The third kappa shape index (κ3) is 2.46. The van der Waals surface area contributed by atoms with Crippen LogP contribution in [0.5, 0.6) is 0 Å². The third-order valence-corrected chi connectivity index (χ3v) is 1.70. The summed E-state index contributed by atoms with van der Waals surface area (Å²) >= 11 is 0. The quantitative estimate of drug-likeness (QED) is 0.517. The van der Waals surface area contributed by atoms with E-state index in [0.29, 0.717) is 18.0 Å². The van der Waals surface area contributed by atoms with Gasteiger partial charge in [-0.25, -0.2) is 4.98 Å². The van der Waals surface area contributed by atoms with Crippen LogP contribution in [0.4, 0.5) is 11.6 Å². The first-order chi connectivity index (χ1) is 7.29. The van der Waals surface area contributed by atoms with Crippen molar-refractivity contribution in [3.63, 3.8) is 0 Å². The molecule has 1 aromatic heterocycles. The largest absolute Gasteiger partial charge is 0.399 e. The number of nitrogens with zero attached hydrogens (tertiary/aromatic N) is 1. The molecule has 2 aromatic rings. The maximum atomic E-state index is 10.1. The molecule has 4 N–H and O–H groups in total. The number of hydrogen-bond donors (Lipinski definition) is 3. The Labute approximate surface area is 87.7 Å². The van der Waals surface area contributed by atoms with Gasteiger partial charge >= 0.3 is 0 Å². The number of aromatic nitrogens is 2. The first-order valence-electron chi connectivity index (χ1n) is 4.75. The molecule has 0 radical (unpaired) electrons. The molecule has 0 aliphatic heterocycles. The van der Waals surface area contributed by atoms with Crippen LogP contribution in [-0.2, 0) is 4.79 Å². The number of carbonyl (C=O) groups is 1. The van der Waals surface area contributed by atoms with E-state index in [1.807, 2.05) is 13.8 Å². The molecule has 0 atom stereocenters. The van der Waals surface area contributed by atoms with Crippen LogP contribution in [0.1, 0.15) is 13.8 Å². The van der Waals surface area contributed by atoms with Crippen LogP contribution in [0, 0.1) is 0 Å². The molecule has 5 nitrogen and oxygen atoms in total. The highest BCUT2D eigenvalue weighted by Crippen LogP contribution is 2.16. The van der Waals surface area contributed by atoms with E-state index in [9.17, 15) is 4.79 Å². The Hall–Kier alpha value is -2.04. The van der Waals surface area contributed by atoms with Crippen molar-refractivity contribution in [2.45, 2.75) is 13.8 Å². The van der Waals surface area contributed by atoms with Gasteiger partial charge in [-0.1, -0.05) is 13.8 Å². The van der Waals surface area contributed by atoms with Gasteiger partial charge in [-0.3, -0.25) is 10.1 Å². The van der Waals surface area contributed by atoms with Crippen molar-refractivity contribution in [1.82, 2.24) is 9.97 Å². The first-order valence-corrected chi connectivity index (χ1v) is 4.75. The Balaban J connectivity index is 0.000000531. The molecule has 0 bridgehead atoms. The van der Waals surface area contributed by atoms with Crippen LogP contribution in [0.15, 0.2) is 18.2 Å². The average Bonchev–Trinajstić information content (AvgIpc) is 2.63. The monoisotopic (exact) mass is 206 g/mol. The van der Waals surface area contributed by atoms with Crippen molar-refractivity contribution in [2.75, 3.05) is 11.1 Å². The molecule has 1 amide bonds. The van der Waals surface area contributed by atoms with E-state index in [1.54, 1.807) is 18.2 Å². The summed E-state index contributed by atoms with van der Waals surface area (Å²) < 4.78 is 0. The van der Waals surface area contributed by atoms with Gasteiger partial charge in [0, 0.05) is 5.69 Å². The van der Waals surface area contributed by atoms with Crippen LogP contribution >= 0.6 is 0 Å². The molecule has 1 aromatic carbocycles. The van der Waals surface area contributed by atoms with Gasteiger partial charge in [0.2, 0.25) is 12.4 Å². The number of rotatable bonds is 2. The fourth-order valence-corrected chi connectivity index (χ4v) is 1.15. The fourth-order valence-electron chi connectivity index (χ4n) is 1.15. The van der Waals surface area contributed by atoms with Crippen LogP contribution in [0.3, 0.4) is 0 Å². The number of H-pyrrole nitrogens is 1. The topological polar surface area (TPSA) is 83.8 Å². The number of anilines is 2. The van der Waals surface area contributed by atoms with E-state index < -0.39 is 0 Å². The Morgan fingerprint density at radius 1 is 1.47 bits per heavy atom. The highest BCUT2D eigenvalue weighted by Gasteiger charge is 2.00. The van der Waals surface area contributed by atoms with Gasteiger partial charge in [-0.05, 0) is 18.2 Å². The van der Waals surface area contributed by atoms with Crippen molar-refractivity contribution in [1.29, 1.82) is 0 Å². The number of nitrogen functional groups attached to an aromatic ring is 1. The second-order valence-electron chi connectivity index (χ2n) is 2.62. The zero-order valence-corrected chi connectivity index (χ0v) is 8.74. The summed E-state index contributed by atoms with van der Waals surface area (Å²) in [6.07, 6.45) is 0.571. The van der Waals surface area contributed by atoms with Crippen molar-refractivity contribution in [3.8, 4) is 0 Å². The van der Waals surface area contributed by atoms with E-state index in [4.69, 9.17) is 5.73 Å². The first kappa shape index (κ1) is 11.0. The zero-order chi connectivity index (χ0) is 11.3. The predicted octanol–water partition coefficient (Wildman–Crippen LogP) is 1.74. The summed E-state index contributed by atoms with van der Waals surface area (Å²) in [7, 11) is 0. The van der Waals surface area contributed by atoms with Gasteiger partial charge < -0.3 is 10.7 Å². The average molecular weight is 206 g/mol. The summed E-state index contributed by atoms with van der Waals surface area (Å²) in [5.74, 6) is 0.426. The smallest absolute Gasteiger partial charge is 0.213 e. The molecular weight excluding hydrogens is 192 g/mol. The van der Waals surface area contributed by atoms with E-state index in [1.165, 1.54) is 0 Å². The van der Waals surface area contributed by atoms with Crippen LogP contribution in [0.2, 0.25) is 0 Å². The molecule has 15 heavy (non-hydrogen) atoms. The number of hydrogen-bond acceptors (Lipinski definition) is 3. The standard InChI is InChI=1S/C8H8N4O.C2H6/c9-5-1-2-6-7(3-5)12-8(11-6)10-4-13;1-2/h1-4H,9H2,(H2,10,11,12,13);1-2H3. The van der Waals surface area contributed by atoms with Crippen molar-refractivity contribution in [2.24, 2.45) is 0 Å². The lowest BCUT2D eigenvalue weighted by molar-refractivity contribution is -0.105. The van der Waals surface area contributed by atoms with E-state index in [2.05, 4.69) is 15.3 Å². The lowest BCUT2D eigenvalue weighted by Gasteiger charge is -1.89. The van der Waals surface area contributed by atoms with E-state index >= 15 is 0 Å². The molecule has 80 valence electrons. The van der Waals surface area contributed by atoms with Crippen LogP contribution in [-0.4, -0.2) is 16.4 Å². The SMILES string of the molecule is CC.Nc1ccc2nc(NC=O)[nH]c2c1. The van der Waals surface area contributed by atoms with Gasteiger partial charge in [0.1, 0.15) is 0 Å². The number of aromatic amines is 1. The molecule has 0 saturated carbocycles. The van der Waals surface area contributed by atoms with Crippen molar-refractivity contribution < 1.29 is 4.79 Å². The normalized spacial score (nSPS) is 9.20. The lowest BCUT2D eigenvalue weighted by Crippen LogP contribution is -1.94. The summed E-state index contributed by atoms with van der Waals surface area (Å²) in [4.78, 5) is 17.1. The van der Waals surface area contributed by atoms with E-state index in [-0.39, 0.29) is 0 Å². The van der Waals surface area contributed by atoms with Crippen LogP contribution in [0.25, 0.3) is 11.0 Å². The molecule has 0 aliphatic carbocycles. The number of benzene rings is 1. The maximum Gasteiger partial charge on any atom is 0.213 e. The second-order valence-corrected chi connectivity index (χ2v) is 2.62. The molecule has 0 aliphatic rings. The number of carbonyl (C=O) groups excluding carboxylic acids is 1. The Morgan fingerprint density at radius 2 is 2.20 bits per heavy atom. The fraction of sp³-hybridized carbons (Fsp3) is 0.200. The predicted molar refractivity (Wildman–Crippen MR) is 61.5 cm³/mol. The van der Waals surface area contributed by atoms with Gasteiger partial charge in [0.25, 0.3) is 0 Å². The summed E-state index contributed by atoms with van der Waals surface area (Å²) in [5.41, 5.74) is 7.82. The van der Waals surface area contributed by atoms with Gasteiger partial charge in [0.15, 0.2) is 0 Å². The summed E-state index contributed by atoms with van der Waals surface area (Å²) in [6, 6.07) is 5.31. The minimum Gasteiger partial charge on any atom is -0.399 e.